The Balaban J connectivity index is 2.61. The van der Waals surface area contributed by atoms with Crippen LogP contribution < -0.4 is 4.74 Å². The average molecular weight is 264 g/mol. The summed E-state index contributed by atoms with van der Waals surface area (Å²) in [7, 11) is 0. The fraction of sp³-hybridized carbons (Fsp3) is 0.400. The van der Waals surface area contributed by atoms with Gasteiger partial charge in [-0.3, -0.25) is 0 Å². The van der Waals surface area contributed by atoms with E-state index in [1.165, 1.54) is 0 Å². The highest BCUT2D eigenvalue weighted by atomic mass is 79.9. The van der Waals surface area contributed by atoms with Gasteiger partial charge in [-0.1, -0.05) is 22.0 Å². The molecule has 0 radical (unpaired) electrons. The van der Waals surface area contributed by atoms with E-state index in [0.29, 0.717) is 12.5 Å². The number of halogens is 2. The highest BCUT2D eigenvalue weighted by molar-refractivity contribution is 9.10. The molecule has 0 unspecified atom stereocenters. The topological polar surface area (TPSA) is 9.23 Å². The second-order valence-corrected chi connectivity index (χ2v) is 3.99. The Hall–Kier alpha value is -0.210. The summed E-state index contributed by atoms with van der Waals surface area (Å²) in [4.78, 5) is 0. The molecule has 0 saturated carbocycles. The van der Waals surface area contributed by atoms with Crippen molar-refractivity contribution in [2.24, 2.45) is 0 Å². The third-order valence-electron chi connectivity index (χ3n) is 1.75. The predicted molar refractivity (Wildman–Crippen MR) is 59.7 cm³/mol. The molecular weight excluding hydrogens is 251 g/mol. The Morgan fingerprint density at radius 2 is 2.23 bits per heavy atom. The summed E-state index contributed by atoms with van der Waals surface area (Å²) in [5.74, 6) is 1.58. The van der Waals surface area contributed by atoms with Crippen molar-refractivity contribution in [3.8, 4) is 5.75 Å². The molecule has 0 aromatic heterocycles. The van der Waals surface area contributed by atoms with Gasteiger partial charge in [0.15, 0.2) is 0 Å². The zero-order valence-electron chi connectivity index (χ0n) is 7.52. The number of benzene rings is 1. The summed E-state index contributed by atoms with van der Waals surface area (Å²) < 4.78 is 6.62. The number of rotatable bonds is 4. The van der Waals surface area contributed by atoms with Crippen molar-refractivity contribution in [1.82, 2.24) is 0 Å². The molecule has 0 atom stereocenters. The van der Waals surface area contributed by atoms with Gasteiger partial charge in [-0.2, -0.15) is 0 Å². The fourth-order valence-electron chi connectivity index (χ4n) is 0.981. The van der Waals surface area contributed by atoms with Crippen LogP contribution >= 0.6 is 27.5 Å². The predicted octanol–water partition coefficient (Wildman–Crippen LogP) is 3.77. The minimum Gasteiger partial charge on any atom is -0.493 e. The van der Waals surface area contributed by atoms with Gasteiger partial charge in [-0.05, 0) is 25.5 Å². The van der Waals surface area contributed by atoms with Gasteiger partial charge in [0, 0.05) is 15.9 Å². The van der Waals surface area contributed by atoms with Gasteiger partial charge in [0.2, 0.25) is 0 Å². The summed E-state index contributed by atoms with van der Waals surface area (Å²) in [6, 6.07) is 5.94. The highest BCUT2D eigenvalue weighted by Crippen LogP contribution is 2.25. The van der Waals surface area contributed by atoms with Gasteiger partial charge in [0.25, 0.3) is 0 Å². The van der Waals surface area contributed by atoms with Crippen LogP contribution in [0, 0.1) is 6.92 Å². The lowest BCUT2D eigenvalue weighted by atomic mass is 10.2. The SMILES string of the molecule is Cc1c(Br)cccc1OCCCCl. The van der Waals surface area contributed by atoms with E-state index >= 15 is 0 Å². The Kier molecular flexibility index (Phi) is 4.60. The van der Waals surface area contributed by atoms with E-state index in [1.54, 1.807) is 0 Å². The third-order valence-corrected chi connectivity index (χ3v) is 2.88. The van der Waals surface area contributed by atoms with Crippen molar-refractivity contribution in [2.75, 3.05) is 12.5 Å². The van der Waals surface area contributed by atoms with E-state index in [2.05, 4.69) is 15.9 Å². The van der Waals surface area contributed by atoms with Gasteiger partial charge in [-0.25, -0.2) is 0 Å². The molecule has 0 heterocycles. The van der Waals surface area contributed by atoms with E-state index in [4.69, 9.17) is 16.3 Å². The van der Waals surface area contributed by atoms with Crippen LogP contribution in [0.2, 0.25) is 0 Å². The normalized spacial score (nSPS) is 10.1. The Morgan fingerprint density at radius 3 is 2.92 bits per heavy atom. The number of hydrogen-bond donors (Lipinski definition) is 0. The van der Waals surface area contributed by atoms with E-state index in [-0.39, 0.29) is 0 Å². The zero-order valence-corrected chi connectivity index (χ0v) is 9.86. The van der Waals surface area contributed by atoms with Crippen LogP contribution in [0.15, 0.2) is 22.7 Å². The molecule has 0 aliphatic rings. The maximum absolute atomic E-state index is 5.55. The summed E-state index contributed by atoms with van der Waals surface area (Å²) >= 11 is 9.00. The Bertz CT molecular complexity index is 276. The monoisotopic (exact) mass is 262 g/mol. The molecule has 1 rings (SSSR count). The first-order valence-corrected chi connectivity index (χ1v) is 5.52. The van der Waals surface area contributed by atoms with E-state index in [1.807, 2.05) is 25.1 Å². The van der Waals surface area contributed by atoms with E-state index in [0.717, 1.165) is 22.2 Å². The van der Waals surface area contributed by atoms with Crippen molar-refractivity contribution in [3.05, 3.63) is 28.2 Å². The number of alkyl halides is 1. The van der Waals surface area contributed by atoms with Crippen LogP contribution in [0.5, 0.6) is 5.75 Å². The first-order valence-electron chi connectivity index (χ1n) is 4.19. The molecule has 1 aromatic carbocycles. The molecule has 0 N–H and O–H groups in total. The first kappa shape index (κ1) is 10.9. The van der Waals surface area contributed by atoms with Gasteiger partial charge >= 0.3 is 0 Å². The van der Waals surface area contributed by atoms with Crippen LogP contribution in [0.3, 0.4) is 0 Å². The van der Waals surface area contributed by atoms with Gasteiger partial charge < -0.3 is 4.74 Å². The zero-order chi connectivity index (χ0) is 9.68. The molecule has 13 heavy (non-hydrogen) atoms. The molecule has 1 aromatic rings. The number of hydrogen-bond acceptors (Lipinski definition) is 1. The largest absolute Gasteiger partial charge is 0.493 e. The molecule has 3 heteroatoms. The van der Waals surface area contributed by atoms with E-state index in [9.17, 15) is 0 Å². The minimum absolute atomic E-state index is 0.646. The van der Waals surface area contributed by atoms with Crippen molar-refractivity contribution >= 4 is 27.5 Å². The molecule has 0 aliphatic heterocycles. The molecule has 72 valence electrons. The number of ether oxygens (including phenoxy) is 1. The first-order chi connectivity index (χ1) is 6.25. The summed E-state index contributed by atoms with van der Waals surface area (Å²) in [5, 5.41) is 0. The van der Waals surface area contributed by atoms with Crippen LogP contribution in [-0.2, 0) is 0 Å². The van der Waals surface area contributed by atoms with Crippen LogP contribution in [0.4, 0.5) is 0 Å². The van der Waals surface area contributed by atoms with Crippen molar-refractivity contribution < 1.29 is 4.74 Å². The molecule has 0 aliphatic carbocycles. The van der Waals surface area contributed by atoms with Gasteiger partial charge in [0.1, 0.15) is 5.75 Å². The minimum atomic E-state index is 0.646. The van der Waals surface area contributed by atoms with Crippen molar-refractivity contribution in [3.63, 3.8) is 0 Å². The van der Waals surface area contributed by atoms with Gasteiger partial charge in [0.05, 0.1) is 6.61 Å². The van der Waals surface area contributed by atoms with Crippen LogP contribution in [0.1, 0.15) is 12.0 Å². The lowest BCUT2D eigenvalue weighted by molar-refractivity contribution is 0.316. The average Bonchev–Trinajstić information content (AvgIpc) is 2.13. The third kappa shape index (κ3) is 3.20. The van der Waals surface area contributed by atoms with Crippen LogP contribution in [-0.4, -0.2) is 12.5 Å². The molecule has 0 saturated heterocycles. The standard InChI is InChI=1S/C10H12BrClO/c1-8-9(11)4-2-5-10(8)13-7-3-6-12/h2,4-5H,3,6-7H2,1H3. The fourth-order valence-corrected chi connectivity index (χ4v) is 1.44. The molecule has 0 amide bonds. The molecule has 0 fully saturated rings. The maximum atomic E-state index is 5.55. The lowest BCUT2D eigenvalue weighted by Gasteiger charge is -2.08. The molecule has 1 nitrogen and oxygen atoms in total. The van der Waals surface area contributed by atoms with Crippen LogP contribution in [0.25, 0.3) is 0 Å². The summed E-state index contributed by atoms with van der Waals surface area (Å²) in [6.07, 6.45) is 0.882. The Morgan fingerprint density at radius 1 is 1.46 bits per heavy atom. The molecule has 0 bridgehead atoms. The highest BCUT2D eigenvalue weighted by Gasteiger charge is 2.01. The van der Waals surface area contributed by atoms with E-state index < -0.39 is 0 Å². The van der Waals surface area contributed by atoms with Crippen molar-refractivity contribution in [1.29, 1.82) is 0 Å². The second kappa shape index (κ2) is 5.51. The second-order valence-electron chi connectivity index (χ2n) is 2.75. The smallest absolute Gasteiger partial charge is 0.123 e. The summed E-state index contributed by atoms with van der Waals surface area (Å²) in [5.41, 5.74) is 1.14. The summed E-state index contributed by atoms with van der Waals surface area (Å²) in [6.45, 7) is 2.71. The molecular formula is C10H12BrClO. The van der Waals surface area contributed by atoms with Crippen molar-refractivity contribution in [2.45, 2.75) is 13.3 Å². The molecule has 0 spiro atoms. The quantitative estimate of drug-likeness (QED) is 0.593. The van der Waals surface area contributed by atoms with Gasteiger partial charge in [-0.15, -0.1) is 11.6 Å². The Labute approximate surface area is 92.2 Å². The maximum Gasteiger partial charge on any atom is 0.123 e. The lowest BCUT2D eigenvalue weighted by Crippen LogP contribution is -1.99.